The molecule has 0 amide bonds. The van der Waals surface area contributed by atoms with Crippen LogP contribution in [0.4, 0.5) is 0 Å². The van der Waals surface area contributed by atoms with E-state index in [1.165, 1.54) is 25.5 Å². The lowest BCUT2D eigenvalue weighted by atomic mass is 10.3. The van der Waals surface area contributed by atoms with Crippen LogP contribution in [-0.4, -0.2) is 15.5 Å². The molecule has 1 N–H and O–H groups in total. The van der Waals surface area contributed by atoms with Crippen LogP contribution in [0.1, 0.15) is 5.76 Å². The Bertz CT molecular complexity index is 698. The van der Waals surface area contributed by atoms with Crippen molar-refractivity contribution in [2.75, 3.05) is 7.11 Å². The zero-order chi connectivity index (χ0) is 14.8. The number of halogens is 2. The van der Waals surface area contributed by atoms with E-state index in [2.05, 4.69) is 4.72 Å². The fourth-order valence-corrected chi connectivity index (χ4v) is 3.37. The van der Waals surface area contributed by atoms with Crippen molar-refractivity contribution in [2.45, 2.75) is 11.4 Å². The van der Waals surface area contributed by atoms with Gasteiger partial charge in [-0.05, 0) is 24.3 Å². The molecule has 0 bridgehead atoms. The normalized spacial score (nSPS) is 11.6. The molecule has 0 radical (unpaired) electrons. The maximum atomic E-state index is 12.2. The molecular weight excluding hydrogens is 325 g/mol. The van der Waals surface area contributed by atoms with Crippen molar-refractivity contribution in [1.82, 2.24) is 4.72 Å². The Morgan fingerprint density at radius 1 is 1.25 bits per heavy atom. The van der Waals surface area contributed by atoms with E-state index < -0.39 is 10.0 Å². The average Bonchev–Trinajstić information content (AvgIpc) is 2.92. The average molecular weight is 336 g/mol. The highest BCUT2D eigenvalue weighted by Crippen LogP contribution is 2.36. The van der Waals surface area contributed by atoms with Crippen molar-refractivity contribution in [2.24, 2.45) is 0 Å². The molecule has 1 heterocycles. The number of hydrogen-bond donors (Lipinski definition) is 1. The molecule has 0 fully saturated rings. The maximum Gasteiger partial charge on any atom is 0.242 e. The molecule has 108 valence electrons. The molecule has 20 heavy (non-hydrogen) atoms. The van der Waals surface area contributed by atoms with Crippen LogP contribution in [0.15, 0.2) is 39.8 Å². The number of furan rings is 1. The molecule has 1 aromatic heterocycles. The molecule has 8 heteroatoms. The summed E-state index contributed by atoms with van der Waals surface area (Å²) >= 11 is 11.9. The first kappa shape index (κ1) is 15.2. The van der Waals surface area contributed by atoms with Gasteiger partial charge in [0, 0.05) is 0 Å². The van der Waals surface area contributed by atoms with Gasteiger partial charge in [-0.3, -0.25) is 0 Å². The maximum absolute atomic E-state index is 12.2. The summed E-state index contributed by atoms with van der Waals surface area (Å²) in [4.78, 5) is -0.114. The van der Waals surface area contributed by atoms with Gasteiger partial charge in [-0.15, -0.1) is 0 Å². The first-order chi connectivity index (χ1) is 9.45. The molecule has 0 unspecified atom stereocenters. The summed E-state index contributed by atoms with van der Waals surface area (Å²) < 4.78 is 36.7. The summed E-state index contributed by atoms with van der Waals surface area (Å²) in [6.07, 6.45) is 1.46. The van der Waals surface area contributed by atoms with E-state index in [-0.39, 0.29) is 21.5 Å². The van der Waals surface area contributed by atoms with Crippen LogP contribution < -0.4 is 9.46 Å². The van der Waals surface area contributed by atoms with Crippen LogP contribution in [-0.2, 0) is 16.6 Å². The fraction of sp³-hybridized carbons (Fsp3) is 0.167. The number of hydrogen-bond acceptors (Lipinski definition) is 4. The van der Waals surface area contributed by atoms with Crippen molar-refractivity contribution in [3.8, 4) is 5.75 Å². The number of rotatable bonds is 5. The van der Waals surface area contributed by atoms with Crippen molar-refractivity contribution < 1.29 is 17.6 Å². The summed E-state index contributed by atoms with van der Waals surface area (Å²) in [5.74, 6) is 0.797. The van der Waals surface area contributed by atoms with E-state index in [4.69, 9.17) is 32.4 Å². The Labute approximate surface area is 126 Å². The first-order valence-corrected chi connectivity index (χ1v) is 7.73. The molecule has 0 aliphatic carbocycles. The topological polar surface area (TPSA) is 68.5 Å². The van der Waals surface area contributed by atoms with Crippen LogP contribution in [0.3, 0.4) is 0 Å². The van der Waals surface area contributed by atoms with Crippen molar-refractivity contribution in [3.05, 3.63) is 46.3 Å². The predicted molar refractivity (Wildman–Crippen MR) is 75.7 cm³/mol. The molecule has 0 atom stereocenters. The number of methoxy groups -OCH3 is 1. The summed E-state index contributed by atoms with van der Waals surface area (Å²) in [7, 11) is -2.38. The molecule has 5 nitrogen and oxygen atoms in total. The molecule has 2 aromatic rings. The molecule has 0 spiro atoms. The van der Waals surface area contributed by atoms with Crippen LogP contribution >= 0.6 is 23.2 Å². The van der Waals surface area contributed by atoms with Crippen LogP contribution in [0.25, 0.3) is 0 Å². The Hall–Kier alpha value is -1.21. The lowest BCUT2D eigenvalue weighted by molar-refractivity contribution is 0.414. The van der Waals surface area contributed by atoms with E-state index in [9.17, 15) is 8.42 Å². The summed E-state index contributed by atoms with van der Waals surface area (Å²) in [5.41, 5.74) is 0. The number of benzene rings is 1. The monoisotopic (exact) mass is 335 g/mol. The number of ether oxygens (including phenoxy) is 1. The lowest BCUT2D eigenvalue weighted by Gasteiger charge is -2.10. The van der Waals surface area contributed by atoms with E-state index >= 15 is 0 Å². The van der Waals surface area contributed by atoms with Gasteiger partial charge in [0.25, 0.3) is 0 Å². The zero-order valence-electron chi connectivity index (χ0n) is 10.4. The van der Waals surface area contributed by atoms with E-state index in [1.54, 1.807) is 12.1 Å². The van der Waals surface area contributed by atoms with Gasteiger partial charge >= 0.3 is 0 Å². The Balaban J connectivity index is 2.28. The molecule has 0 saturated carbocycles. The highest BCUT2D eigenvalue weighted by molar-refractivity contribution is 7.89. The van der Waals surface area contributed by atoms with E-state index in [0.29, 0.717) is 11.5 Å². The Morgan fingerprint density at radius 3 is 2.60 bits per heavy atom. The third-order valence-corrected chi connectivity index (χ3v) is 4.96. The van der Waals surface area contributed by atoms with Gasteiger partial charge in [-0.25, -0.2) is 13.1 Å². The minimum Gasteiger partial charge on any atom is -0.495 e. The van der Waals surface area contributed by atoms with Gasteiger partial charge < -0.3 is 9.15 Å². The Morgan fingerprint density at radius 2 is 2.00 bits per heavy atom. The van der Waals surface area contributed by atoms with Gasteiger partial charge in [0.1, 0.15) is 21.4 Å². The quantitative estimate of drug-likeness (QED) is 0.911. The van der Waals surface area contributed by atoms with E-state index in [0.717, 1.165) is 0 Å². The standard InChI is InChI=1S/C12H11Cl2NO4S/c1-18-9-4-5-10(12(14)11(9)13)20(16,17)15-7-8-3-2-6-19-8/h2-6,15H,7H2,1H3. The van der Waals surface area contributed by atoms with Gasteiger partial charge in [-0.1, -0.05) is 23.2 Å². The second-order valence-electron chi connectivity index (χ2n) is 3.80. The largest absolute Gasteiger partial charge is 0.495 e. The van der Waals surface area contributed by atoms with Crippen LogP contribution in [0.2, 0.25) is 10.0 Å². The van der Waals surface area contributed by atoms with Crippen molar-refractivity contribution in [1.29, 1.82) is 0 Å². The van der Waals surface area contributed by atoms with Gasteiger partial charge in [0.2, 0.25) is 10.0 Å². The molecular formula is C12H11Cl2NO4S. The van der Waals surface area contributed by atoms with Crippen molar-refractivity contribution >= 4 is 33.2 Å². The molecule has 0 aliphatic rings. The highest BCUT2D eigenvalue weighted by Gasteiger charge is 2.21. The third-order valence-electron chi connectivity index (χ3n) is 2.54. The molecule has 0 aliphatic heterocycles. The summed E-state index contributed by atoms with van der Waals surface area (Å²) in [5, 5.41) is -0.0343. The van der Waals surface area contributed by atoms with Crippen LogP contribution in [0.5, 0.6) is 5.75 Å². The molecule has 0 saturated heterocycles. The molecule has 1 aromatic carbocycles. The number of nitrogens with one attached hydrogen (secondary N) is 1. The SMILES string of the molecule is COc1ccc(S(=O)(=O)NCc2ccco2)c(Cl)c1Cl. The molecule has 2 rings (SSSR count). The first-order valence-electron chi connectivity index (χ1n) is 5.49. The zero-order valence-corrected chi connectivity index (χ0v) is 12.7. The number of sulfonamides is 1. The summed E-state index contributed by atoms with van der Waals surface area (Å²) in [6, 6.07) is 6.10. The Kier molecular flexibility index (Phi) is 4.59. The van der Waals surface area contributed by atoms with Gasteiger partial charge in [0.05, 0.1) is 24.9 Å². The second-order valence-corrected chi connectivity index (χ2v) is 6.29. The van der Waals surface area contributed by atoms with Crippen LogP contribution in [0, 0.1) is 0 Å². The minimum atomic E-state index is -3.80. The third kappa shape index (κ3) is 3.09. The fourth-order valence-electron chi connectivity index (χ4n) is 1.54. The smallest absolute Gasteiger partial charge is 0.242 e. The second kappa shape index (κ2) is 6.05. The lowest BCUT2D eigenvalue weighted by Crippen LogP contribution is -2.23. The predicted octanol–water partition coefficient (Wildman–Crippen LogP) is 3.07. The van der Waals surface area contributed by atoms with E-state index in [1.807, 2.05) is 0 Å². The minimum absolute atomic E-state index is 0.0231. The highest BCUT2D eigenvalue weighted by atomic mass is 35.5. The van der Waals surface area contributed by atoms with Gasteiger partial charge in [-0.2, -0.15) is 0 Å². The van der Waals surface area contributed by atoms with Gasteiger partial charge in [0.15, 0.2) is 0 Å². The summed E-state index contributed by atoms with van der Waals surface area (Å²) in [6.45, 7) is 0.0231. The van der Waals surface area contributed by atoms with Crippen molar-refractivity contribution in [3.63, 3.8) is 0 Å².